The van der Waals surface area contributed by atoms with E-state index in [0.717, 1.165) is 31.9 Å². The predicted octanol–water partition coefficient (Wildman–Crippen LogP) is 1.49. The highest BCUT2D eigenvalue weighted by Gasteiger charge is 2.24. The van der Waals surface area contributed by atoms with Crippen molar-refractivity contribution in [2.24, 2.45) is 11.7 Å². The van der Waals surface area contributed by atoms with Crippen LogP contribution >= 0.6 is 0 Å². The maximum Gasteiger partial charge on any atom is 0.141 e. The topological polar surface area (TPSA) is 45.4 Å². The molecule has 0 spiro atoms. The quantitative estimate of drug-likeness (QED) is 0.908. The van der Waals surface area contributed by atoms with Crippen LogP contribution < -0.4 is 5.73 Å². The fraction of sp³-hybridized carbons (Fsp3) is 0.667. The Hall–Kier alpha value is -1.04. The molecule has 20 heavy (non-hydrogen) atoms. The summed E-state index contributed by atoms with van der Waals surface area (Å²) in [5, 5.41) is 0. The lowest BCUT2D eigenvalue weighted by Crippen LogP contribution is -2.51. The van der Waals surface area contributed by atoms with Crippen molar-refractivity contribution < 1.29 is 4.39 Å². The zero-order chi connectivity index (χ0) is 14.7. The first kappa shape index (κ1) is 15.4. The number of piperazine rings is 1. The molecule has 0 bridgehead atoms. The van der Waals surface area contributed by atoms with Crippen LogP contribution in [0.5, 0.6) is 0 Å². The third-order valence-electron chi connectivity index (χ3n) is 4.29. The molecule has 1 aliphatic rings. The van der Waals surface area contributed by atoms with Gasteiger partial charge in [-0.25, -0.2) is 4.39 Å². The summed E-state index contributed by atoms with van der Waals surface area (Å²) >= 11 is 0. The molecule has 1 fully saturated rings. The van der Waals surface area contributed by atoms with Crippen LogP contribution in [-0.2, 0) is 0 Å². The number of pyridine rings is 1. The van der Waals surface area contributed by atoms with Gasteiger partial charge in [0.2, 0.25) is 0 Å². The minimum absolute atomic E-state index is 0.148. The van der Waals surface area contributed by atoms with Crippen LogP contribution in [0.25, 0.3) is 0 Å². The van der Waals surface area contributed by atoms with Crippen LogP contribution in [0.4, 0.5) is 4.39 Å². The van der Waals surface area contributed by atoms with Gasteiger partial charge < -0.3 is 15.5 Å². The van der Waals surface area contributed by atoms with Crippen molar-refractivity contribution in [1.82, 2.24) is 14.8 Å². The summed E-state index contributed by atoms with van der Waals surface area (Å²) in [5.74, 6) is -0.0231. The van der Waals surface area contributed by atoms with Gasteiger partial charge in [0, 0.05) is 32.2 Å². The second kappa shape index (κ2) is 6.61. The molecule has 1 aromatic rings. The van der Waals surface area contributed by atoms with E-state index in [1.54, 1.807) is 6.07 Å². The van der Waals surface area contributed by atoms with Crippen molar-refractivity contribution in [2.75, 3.05) is 33.2 Å². The fourth-order valence-corrected chi connectivity index (χ4v) is 2.69. The smallest absolute Gasteiger partial charge is 0.141 e. The molecule has 4 nitrogen and oxygen atoms in total. The number of likely N-dealkylation sites (N-methyl/N-ethyl adjacent to an activating group) is 1. The van der Waals surface area contributed by atoms with Gasteiger partial charge >= 0.3 is 0 Å². The van der Waals surface area contributed by atoms with E-state index in [1.807, 2.05) is 0 Å². The molecule has 3 atom stereocenters. The third kappa shape index (κ3) is 3.75. The largest absolute Gasteiger partial charge is 0.322 e. The number of rotatable bonds is 4. The summed E-state index contributed by atoms with van der Waals surface area (Å²) in [5.41, 5.74) is 7.01. The molecule has 1 saturated heterocycles. The highest BCUT2D eigenvalue weighted by atomic mass is 19.1. The van der Waals surface area contributed by atoms with Gasteiger partial charge in [-0.15, -0.1) is 0 Å². The van der Waals surface area contributed by atoms with Crippen LogP contribution in [0.3, 0.4) is 0 Å². The standard InChI is InChI=1S/C15H25FN4/c1-11(9-20-7-6-19(3)12(2)10-20)15(17)14-5-4-13(16)8-18-14/h4-5,8,11-12,15H,6-7,9-10,17H2,1-3H3. The van der Waals surface area contributed by atoms with Crippen LogP contribution in [0, 0.1) is 11.7 Å². The summed E-state index contributed by atoms with van der Waals surface area (Å²) in [6.45, 7) is 8.59. The molecule has 3 unspecified atom stereocenters. The van der Waals surface area contributed by atoms with E-state index in [1.165, 1.54) is 12.3 Å². The summed E-state index contributed by atoms with van der Waals surface area (Å²) in [6.07, 6.45) is 1.24. The predicted molar refractivity (Wildman–Crippen MR) is 78.8 cm³/mol. The van der Waals surface area contributed by atoms with Crippen molar-refractivity contribution in [1.29, 1.82) is 0 Å². The van der Waals surface area contributed by atoms with Gasteiger partial charge in [-0.2, -0.15) is 0 Å². The summed E-state index contributed by atoms with van der Waals surface area (Å²) in [4.78, 5) is 8.93. The number of hydrogen-bond acceptors (Lipinski definition) is 4. The monoisotopic (exact) mass is 280 g/mol. The van der Waals surface area contributed by atoms with E-state index < -0.39 is 0 Å². The molecule has 2 heterocycles. The van der Waals surface area contributed by atoms with Crippen molar-refractivity contribution in [3.8, 4) is 0 Å². The first-order chi connectivity index (χ1) is 9.47. The molecule has 2 rings (SSSR count). The molecule has 1 aliphatic heterocycles. The summed E-state index contributed by atoms with van der Waals surface area (Å²) in [6, 6.07) is 3.54. The van der Waals surface area contributed by atoms with Crippen molar-refractivity contribution in [3.05, 3.63) is 29.8 Å². The van der Waals surface area contributed by atoms with Gasteiger partial charge in [0.1, 0.15) is 5.82 Å². The second-order valence-electron chi connectivity index (χ2n) is 5.99. The maximum atomic E-state index is 12.9. The fourth-order valence-electron chi connectivity index (χ4n) is 2.69. The lowest BCUT2D eigenvalue weighted by Gasteiger charge is -2.39. The van der Waals surface area contributed by atoms with E-state index in [4.69, 9.17) is 5.73 Å². The Bertz CT molecular complexity index is 422. The van der Waals surface area contributed by atoms with Crippen molar-refractivity contribution in [3.63, 3.8) is 0 Å². The average Bonchev–Trinajstić information content (AvgIpc) is 2.43. The molecule has 5 heteroatoms. The Morgan fingerprint density at radius 2 is 2.20 bits per heavy atom. The molecule has 0 aromatic carbocycles. The van der Waals surface area contributed by atoms with Gasteiger partial charge in [-0.3, -0.25) is 4.98 Å². The van der Waals surface area contributed by atoms with E-state index in [9.17, 15) is 4.39 Å². The molecule has 0 radical (unpaired) electrons. The number of hydrogen-bond donors (Lipinski definition) is 1. The number of aromatic nitrogens is 1. The third-order valence-corrected chi connectivity index (χ3v) is 4.29. The minimum atomic E-state index is -0.318. The molecule has 0 aliphatic carbocycles. The Labute approximate surface area is 120 Å². The Morgan fingerprint density at radius 1 is 1.45 bits per heavy atom. The SMILES string of the molecule is CC(CN1CCN(C)C(C)C1)C(N)c1ccc(F)cn1. The average molecular weight is 280 g/mol. The Balaban J connectivity index is 1.91. The molecular weight excluding hydrogens is 255 g/mol. The van der Waals surface area contributed by atoms with Crippen LogP contribution in [0.1, 0.15) is 25.6 Å². The van der Waals surface area contributed by atoms with Crippen LogP contribution in [-0.4, -0.2) is 54.1 Å². The Morgan fingerprint density at radius 3 is 2.80 bits per heavy atom. The van der Waals surface area contributed by atoms with Gasteiger partial charge in [-0.1, -0.05) is 6.92 Å². The van der Waals surface area contributed by atoms with Gasteiger partial charge in [-0.05, 0) is 32.0 Å². The van der Waals surface area contributed by atoms with E-state index in [-0.39, 0.29) is 11.9 Å². The number of halogens is 1. The lowest BCUT2D eigenvalue weighted by molar-refractivity contribution is 0.0906. The Kier molecular flexibility index (Phi) is 5.07. The lowest BCUT2D eigenvalue weighted by atomic mass is 9.98. The highest BCUT2D eigenvalue weighted by Crippen LogP contribution is 2.20. The molecule has 0 amide bonds. The van der Waals surface area contributed by atoms with Crippen LogP contribution in [0.15, 0.2) is 18.3 Å². The zero-order valence-corrected chi connectivity index (χ0v) is 12.6. The second-order valence-corrected chi connectivity index (χ2v) is 5.99. The normalized spacial score (nSPS) is 24.6. The first-order valence-electron chi connectivity index (χ1n) is 7.27. The summed E-state index contributed by atoms with van der Waals surface area (Å²) < 4.78 is 12.9. The van der Waals surface area contributed by atoms with E-state index in [2.05, 4.69) is 35.7 Å². The molecule has 1 aromatic heterocycles. The van der Waals surface area contributed by atoms with Crippen molar-refractivity contribution >= 4 is 0 Å². The highest BCUT2D eigenvalue weighted by molar-refractivity contribution is 5.10. The van der Waals surface area contributed by atoms with Crippen LogP contribution in [0.2, 0.25) is 0 Å². The molecule has 2 N–H and O–H groups in total. The number of nitrogens with two attached hydrogens (primary N) is 1. The molecular formula is C15H25FN4. The van der Waals surface area contributed by atoms with E-state index in [0.29, 0.717) is 12.0 Å². The van der Waals surface area contributed by atoms with Gasteiger partial charge in [0.15, 0.2) is 0 Å². The van der Waals surface area contributed by atoms with E-state index >= 15 is 0 Å². The van der Waals surface area contributed by atoms with Crippen molar-refractivity contribution in [2.45, 2.75) is 25.9 Å². The van der Waals surface area contributed by atoms with Gasteiger partial charge in [0.05, 0.1) is 17.9 Å². The molecule has 112 valence electrons. The summed E-state index contributed by atoms with van der Waals surface area (Å²) in [7, 11) is 2.17. The first-order valence-corrected chi connectivity index (χ1v) is 7.27. The minimum Gasteiger partial charge on any atom is -0.322 e. The van der Waals surface area contributed by atoms with Gasteiger partial charge in [0.25, 0.3) is 0 Å². The number of nitrogens with zero attached hydrogens (tertiary/aromatic N) is 3. The zero-order valence-electron chi connectivity index (χ0n) is 12.6. The maximum absolute atomic E-state index is 12.9. The molecule has 0 saturated carbocycles.